The standard InChI is InChI=1S/C18H20/c1-3-18(4-2)13-14-9-5-6-10-15(14)16-11-7-8-12-17(16)18/h5-12H,3-4,13H2,1-2H3. The molecule has 92 valence electrons. The molecule has 0 saturated heterocycles. The van der Waals surface area contributed by atoms with Crippen LogP contribution < -0.4 is 0 Å². The minimum absolute atomic E-state index is 0.338. The highest BCUT2D eigenvalue weighted by Gasteiger charge is 2.35. The summed E-state index contributed by atoms with van der Waals surface area (Å²) < 4.78 is 0. The second-order valence-corrected chi connectivity index (χ2v) is 5.37. The van der Waals surface area contributed by atoms with Gasteiger partial charge in [0.05, 0.1) is 0 Å². The summed E-state index contributed by atoms with van der Waals surface area (Å²) >= 11 is 0. The van der Waals surface area contributed by atoms with Crippen LogP contribution in [0, 0.1) is 0 Å². The van der Waals surface area contributed by atoms with E-state index in [1.54, 1.807) is 5.56 Å². The molecule has 0 fully saturated rings. The van der Waals surface area contributed by atoms with Crippen LogP contribution in [0.15, 0.2) is 48.5 Å². The normalized spacial score (nSPS) is 15.9. The molecule has 0 aliphatic heterocycles. The lowest BCUT2D eigenvalue weighted by Gasteiger charge is -2.39. The van der Waals surface area contributed by atoms with E-state index in [1.807, 2.05) is 0 Å². The number of rotatable bonds is 2. The number of fused-ring (bicyclic) bond motifs is 3. The molecule has 0 heterocycles. The third kappa shape index (κ3) is 1.52. The van der Waals surface area contributed by atoms with Crippen molar-refractivity contribution in [3.63, 3.8) is 0 Å². The number of hydrogen-bond donors (Lipinski definition) is 0. The Labute approximate surface area is 110 Å². The summed E-state index contributed by atoms with van der Waals surface area (Å²) in [6.45, 7) is 4.66. The quantitative estimate of drug-likeness (QED) is 0.690. The molecule has 0 heteroatoms. The van der Waals surface area contributed by atoms with Gasteiger partial charge in [-0.3, -0.25) is 0 Å². The van der Waals surface area contributed by atoms with Crippen LogP contribution in [0.5, 0.6) is 0 Å². The van der Waals surface area contributed by atoms with E-state index in [4.69, 9.17) is 0 Å². The van der Waals surface area contributed by atoms with Crippen molar-refractivity contribution in [3.05, 3.63) is 59.7 Å². The monoisotopic (exact) mass is 236 g/mol. The van der Waals surface area contributed by atoms with Crippen LogP contribution >= 0.6 is 0 Å². The maximum absolute atomic E-state index is 2.33. The molecule has 2 aromatic rings. The highest BCUT2D eigenvalue weighted by atomic mass is 14.4. The van der Waals surface area contributed by atoms with E-state index in [9.17, 15) is 0 Å². The lowest BCUT2D eigenvalue weighted by Crippen LogP contribution is -2.31. The van der Waals surface area contributed by atoms with Gasteiger partial charge in [-0.1, -0.05) is 62.4 Å². The van der Waals surface area contributed by atoms with Gasteiger partial charge in [0, 0.05) is 0 Å². The third-order valence-electron chi connectivity index (χ3n) is 4.69. The van der Waals surface area contributed by atoms with Gasteiger partial charge in [-0.2, -0.15) is 0 Å². The fraction of sp³-hybridized carbons (Fsp3) is 0.333. The Morgan fingerprint density at radius 3 is 2.17 bits per heavy atom. The van der Waals surface area contributed by atoms with E-state index in [0.29, 0.717) is 5.41 Å². The summed E-state index contributed by atoms with van der Waals surface area (Å²) in [6, 6.07) is 17.9. The molecule has 1 aliphatic rings. The molecule has 0 saturated carbocycles. The Bertz CT molecular complexity index is 562. The largest absolute Gasteiger partial charge is 0.0645 e. The molecule has 0 aromatic heterocycles. The number of benzene rings is 2. The first kappa shape index (κ1) is 11.5. The van der Waals surface area contributed by atoms with Crippen LogP contribution in [0.1, 0.15) is 37.8 Å². The van der Waals surface area contributed by atoms with E-state index in [-0.39, 0.29) is 0 Å². The Hall–Kier alpha value is -1.56. The van der Waals surface area contributed by atoms with Gasteiger partial charge in [0.15, 0.2) is 0 Å². The molecular weight excluding hydrogens is 216 g/mol. The van der Waals surface area contributed by atoms with Gasteiger partial charge in [0.2, 0.25) is 0 Å². The average molecular weight is 236 g/mol. The average Bonchev–Trinajstić information content (AvgIpc) is 2.46. The Morgan fingerprint density at radius 1 is 0.833 bits per heavy atom. The predicted octanol–water partition coefficient (Wildman–Crippen LogP) is 4.97. The van der Waals surface area contributed by atoms with Crippen molar-refractivity contribution in [2.75, 3.05) is 0 Å². The van der Waals surface area contributed by atoms with E-state index >= 15 is 0 Å². The molecule has 2 aromatic carbocycles. The zero-order valence-corrected chi connectivity index (χ0v) is 11.2. The second-order valence-electron chi connectivity index (χ2n) is 5.37. The predicted molar refractivity (Wildman–Crippen MR) is 77.8 cm³/mol. The summed E-state index contributed by atoms with van der Waals surface area (Å²) in [5.74, 6) is 0. The molecule has 0 amide bonds. The maximum atomic E-state index is 2.33. The van der Waals surface area contributed by atoms with Crippen molar-refractivity contribution in [2.24, 2.45) is 0 Å². The zero-order valence-electron chi connectivity index (χ0n) is 11.2. The smallest absolute Gasteiger partial charge is 0.000552 e. The van der Waals surface area contributed by atoms with Crippen molar-refractivity contribution < 1.29 is 0 Å². The molecule has 0 N–H and O–H groups in total. The third-order valence-corrected chi connectivity index (χ3v) is 4.69. The molecule has 1 aliphatic carbocycles. The van der Waals surface area contributed by atoms with Gasteiger partial charge in [-0.05, 0) is 46.9 Å². The Morgan fingerprint density at radius 2 is 1.44 bits per heavy atom. The molecule has 0 spiro atoms. The van der Waals surface area contributed by atoms with Gasteiger partial charge >= 0.3 is 0 Å². The highest BCUT2D eigenvalue weighted by molar-refractivity contribution is 5.75. The Kier molecular flexibility index (Phi) is 2.74. The van der Waals surface area contributed by atoms with Crippen molar-refractivity contribution in [2.45, 2.75) is 38.5 Å². The van der Waals surface area contributed by atoms with Crippen LogP contribution in [0.2, 0.25) is 0 Å². The summed E-state index contributed by atoms with van der Waals surface area (Å²) in [7, 11) is 0. The maximum Gasteiger partial charge on any atom is -0.000552 e. The van der Waals surface area contributed by atoms with Crippen LogP contribution in [-0.4, -0.2) is 0 Å². The van der Waals surface area contributed by atoms with E-state index in [0.717, 1.165) is 0 Å². The lowest BCUT2D eigenvalue weighted by molar-refractivity contribution is 0.389. The highest BCUT2D eigenvalue weighted by Crippen LogP contribution is 2.46. The van der Waals surface area contributed by atoms with Crippen LogP contribution in [-0.2, 0) is 11.8 Å². The summed E-state index contributed by atoms with van der Waals surface area (Å²) in [6.07, 6.45) is 3.62. The van der Waals surface area contributed by atoms with Crippen molar-refractivity contribution in [1.29, 1.82) is 0 Å². The Balaban J connectivity index is 2.29. The van der Waals surface area contributed by atoms with E-state index in [2.05, 4.69) is 62.4 Å². The summed E-state index contributed by atoms with van der Waals surface area (Å²) in [5, 5.41) is 0. The molecule has 0 atom stereocenters. The van der Waals surface area contributed by atoms with Gasteiger partial charge in [0.1, 0.15) is 0 Å². The molecule has 0 unspecified atom stereocenters. The lowest BCUT2D eigenvalue weighted by atomic mass is 9.65. The van der Waals surface area contributed by atoms with Crippen molar-refractivity contribution in [3.8, 4) is 11.1 Å². The first-order valence-electron chi connectivity index (χ1n) is 6.98. The molecule has 0 radical (unpaired) electrons. The molecular formula is C18H20. The van der Waals surface area contributed by atoms with Crippen LogP contribution in [0.25, 0.3) is 11.1 Å². The molecule has 0 nitrogen and oxygen atoms in total. The second kappa shape index (κ2) is 4.28. The summed E-state index contributed by atoms with van der Waals surface area (Å²) in [4.78, 5) is 0. The fourth-order valence-electron chi connectivity index (χ4n) is 3.46. The molecule has 3 rings (SSSR count). The minimum Gasteiger partial charge on any atom is -0.0645 e. The molecule has 18 heavy (non-hydrogen) atoms. The summed E-state index contributed by atoms with van der Waals surface area (Å²) in [5.41, 5.74) is 6.28. The zero-order chi connectivity index (χ0) is 12.6. The first-order chi connectivity index (χ1) is 8.80. The fourth-order valence-corrected chi connectivity index (χ4v) is 3.46. The van der Waals surface area contributed by atoms with Crippen molar-refractivity contribution >= 4 is 0 Å². The van der Waals surface area contributed by atoms with E-state index in [1.165, 1.54) is 36.0 Å². The van der Waals surface area contributed by atoms with Crippen LogP contribution in [0.4, 0.5) is 0 Å². The van der Waals surface area contributed by atoms with Gasteiger partial charge in [-0.15, -0.1) is 0 Å². The van der Waals surface area contributed by atoms with Crippen molar-refractivity contribution in [1.82, 2.24) is 0 Å². The van der Waals surface area contributed by atoms with Crippen LogP contribution in [0.3, 0.4) is 0 Å². The number of hydrogen-bond acceptors (Lipinski definition) is 0. The first-order valence-corrected chi connectivity index (χ1v) is 6.98. The van der Waals surface area contributed by atoms with Gasteiger partial charge in [0.25, 0.3) is 0 Å². The molecule has 0 bridgehead atoms. The van der Waals surface area contributed by atoms with Gasteiger partial charge < -0.3 is 0 Å². The van der Waals surface area contributed by atoms with Gasteiger partial charge in [-0.25, -0.2) is 0 Å². The SMILES string of the molecule is CCC1(CC)Cc2ccccc2-c2ccccc21. The topological polar surface area (TPSA) is 0 Å². The van der Waals surface area contributed by atoms with E-state index < -0.39 is 0 Å². The minimum atomic E-state index is 0.338.